The molecular formula is C22H26N4O4S. The van der Waals surface area contributed by atoms with E-state index < -0.39 is 15.3 Å². The van der Waals surface area contributed by atoms with Crippen LogP contribution in [0, 0.1) is 5.41 Å². The minimum absolute atomic E-state index is 0.0750. The number of carbonyl (C=O) groups is 1. The average molecular weight is 443 g/mol. The fraction of sp³-hybridized carbons (Fsp3) is 0.500. The summed E-state index contributed by atoms with van der Waals surface area (Å²) in [5, 5.41) is 12.2. The Kier molecular flexibility index (Phi) is 4.19. The molecule has 0 bridgehead atoms. The van der Waals surface area contributed by atoms with Crippen LogP contribution in [0.15, 0.2) is 22.6 Å². The van der Waals surface area contributed by atoms with E-state index in [0.717, 1.165) is 28.5 Å². The second-order valence-electron chi connectivity index (χ2n) is 10.1. The lowest BCUT2D eigenvalue weighted by molar-refractivity contribution is 0.0760. The van der Waals surface area contributed by atoms with Gasteiger partial charge in [-0.15, -0.1) is 5.10 Å². The van der Waals surface area contributed by atoms with Crippen LogP contribution in [0.3, 0.4) is 0 Å². The van der Waals surface area contributed by atoms with E-state index in [9.17, 15) is 13.2 Å². The van der Waals surface area contributed by atoms with Crippen LogP contribution in [0.4, 0.5) is 6.01 Å². The van der Waals surface area contributed by atoms with E-state index in [2.05, 4.69) is 34.3 Å². The number of benzene rings is 1. The van der Waals surface area contributed by atoms with Crippen molar-refractivity contribution in [2.24, 2.45) is 5.41 Å². The molecule has 1 atom stereocenters. The molecule has 1 fully saturated rings. The van der Waals surface area contributed by atoms with E-state index in [1.54, 1.807) is 0 Å². The molecule has 164 valence electrons. The zero-order valence-electron chi connectivity index (χ0n) is 18.1. The number of aromatic nitrogens is 3. The lowest BCUT2D eigenvalue weighted by Crippen LogP contribution is -2.39. The van der Waals surface area contributed by atoms with Crippen LogP contribution in [0.1, 0.15) is 56.6 Å². The van der Waals surface area contributed by atoms with Crippen molar-refractivity contribution >= 4 is 32.5 Å². The molecule has 1 saturated heterocycles. The Morgan fingerprint density at radius 3 is 2.65 bits per heavy atom. The first-order valence-electron chi connectivity index (χ1n) is 10.5. The quantitative estimate of drug-likeness (QED) is 0.635. The summed E-state index contributed by atoms with van der Waals surface area (Å²) in [7, 11) is -2.99. The number of H-pyrrole nitrogens is 1. The van der Waals surface area contributed by atoms with Gasteiger partial charge < -0.3 is 14.7 Å². The van der Waals surface area contributed by atoms with E-state index in [0.29, 0.717) is 18.0 Å². The number of hydrogen-bond donors (Lipinski definition) is 2. The molecule has 2 aliphatic rings. The van der Waals surface area contributed by atoms with E-state index >= 15 is 0 Å². The lowest BCUT2D eigenvalue weighted by Gasteiger charge is -2.39. The summed E-state index contributed by atoms with van der Waals surface area (Å²) in [6, 6.07) is 5.79. The van der Waals surface area contributed by atoms with Gasteiger partial charge in [-0.2, -0.15) is 0 Å². The summed E-state index contributed by atoms with van der Waals surface area (Å²) in [6.45, 7) is 8.34. The van der Waals surface area contributed by atoms with Gasteiger partial charge in [-0.25, -0.2) is 8.42 Å². The fourth-order valence-electron chi connectivity index (χ4n) is 5.29. The first-order chi connectivity index (χ1) is 14.5. The van der Waals surface area contributed by atoms with Gasteiger partial charge in [-0.3, -0.25) is 4.79 Å². The Labute approximate surface area is 180 Å². The molecule has 8 nitrogen and oxygen atoms in total. The molecule has 5 rings (SSSR count). The number of rotatable bonds is 3. The van der Waals surface area contributed by atoms with Crippen molar-refractivity contribution < 1.29 is 17.6 Å². The predicted molar refractivity (Wildman–Crippen MR) is 118 cm³/mol. The maximum Gasteiger partial charge on any atom is 0.315 e. The molecule has 3 heterocycles. The van der Waals surface area contributed by atoms with E-state index in [4.69, 9.17) is 4.42 Å². The third-order valence-corrected chi connectivity index (χ3v) is 8.20. The van der Waals surface area contributed by atoms with E-state index in [1.165, 1.54) is 0 Å². The van der Waals surface area contributed by atoms with Crippen molar-refractivity contribution in [1.82, 2.24) is 15.2 Å². The predicted octanol–water partition coefficient (Wildman–Crippen LogP) is 3.71. The summed E-state index contributed by atoms with van der Waals surface area (Å²) in [4.78, 5) is 16.4. The van der Waals surface area contributed by atoms with Gasteiger partial charge in [0.2, 0.25) is 5.89 Å². The highest BCUT2D eigenvalue weighted by Crippen LogP contribution is 2.48. The SMILES string of the molecule is CC1(C)CC(C)(C)c2c([nH]c3ccc(-c4nnc(NC5CCS(=O)(=O)C5)o4)cc23)C1=O. The fourth-order valence-corrected chi connectivity index (χ4v) is 6.97. The molecule has 1 aliphatic carbocycles. The number of fused-ring (bicyclic) bond motifs is 3. The number of sulfone groups is 1. The van der Waals surface area contributed by atoms with Gasteiger partial charge in [0.15, 0.2) is 15.6 Å². The van der Waals surface area contributed by atoms with Crippen molar-refractivity contribution in [2.75, 3.05) is 16.8 Å². The zero-order chi connectivity index (χ0) is 22.2. The minimum atomic E-state index is -2.99. The highest BCUT2D eigenvalue weighted by Gasteiger charge is 2.45. The van der Waals surface area contributed by atoms with Crippen molar-refractivity contribution in [3.05, 3.63) is 29.5 Å². The number of aromatic amines is 1. The number of nitrogens with zero attached hydrogens (tertiary/aromatic N) is 2. The van der Waals surface area contributed by atoms with Crippen LogP contribution < -0.4 is 5.32 Å². The summed E-state index contributed by atoms with van der Waals surface area (Å²) in [5.74, 6) is 0.730. The summed E-state index contributed by atoms with van der Waals surface area (Å²) < 4.78 is 29.1. The number of ketones is 1. The molecule has 2 N–H and O–H groups in total. The average Bonchev–Trinajstić information content (AvgIpc) is 3.35. The maximum atomic E-state index is 13.0. The Morgan fingerprint density at radius 1 is 1.16 bits per heavy atom. The second kappa shape index (κ2) is 6.41. The number of anilines is 1. The lowest BCUT2D eigenvalue weighted by atomic mass is 9.63. The highest BCUT2D eigenvalue weighted by atomic mass is 32.2. The van der Waals surface area contributed by atoms with Crippen LogP contribution >= 0.6 is 0 Å². The maximum absolute atomic E-state index is 13.0. The molecule has 0 saturated carbocycles. The van der Waals surface area contributed by atoms with E-state index in [1.807, 2.05) is 32.0 Å². The van der Waals surface area contributed by atoms with Crippen LogP contribution in [0.25, 0.3) is 22.4 Å². The summed E-state index contributed by atoms with van der Waals surface area (Å²) in [6.07, 6.45) is 1.29. The van der Waals surface area contributed by atoms with Gasteiger partial charge in [-0.05, 0) is 42.0 Å². The molecule has 0 amide bonds. The third-order valence-electron chi connectivity index (χ3n) is 6.43. The highest BCUT2D eigenvalue weighted by molar-refractivity contribution is 7.91. The van der Waals surface area contributed by atoms with Gasteiger partial charge in [-0.1, -0.05) is 32.8 Å². The van der Waals surface area contributed by atoms with Gasteiger partial charge in [0.25, 0.3) is 0 Å². The normalized spacial score (nSPS) is 23.7. The van der Waals surface area contributed by atoms with Crippen LogP contribution in [-0.2, 0) is 15.3 Å². The number of nitrogens with one attached hydrogen (secondary N) is 2. The first-order valence-corrected chi connectivity index (χ1v) is 12.3. The molecule has 0 radical (unpaired) electrons. The van der Waals surface area contributed by atoms with Crippen LogP contribution in [-0.4, -0.2) is 46.9 Å². The Morgan fingerprint density at radius 2 is 1.94 bits per heavy atom. The molecular weight excluding hydrogens is 416 g/mol. The van der Waals surface area contributed by atoms with Gasteiger partial charge >= 0.3 is 6.01 Å². The Hall–Kier alpha value is -2.68. The van der Waals surface area contributed by atoms with Crippen molar-refractivity contribution in [3.8, 4) is 11.5 Å². The third kappa shape index (κ3) is 3.35. The second-order valence-corrected chi connectivity index (χ2v) is 12.3. The summed E-state index contributed by atoms with van der Waals surface area (Å²) >= 11 is 0. The molecule has 9 heteroatoms. The molecule has 1 aliphatic heterocycles. The number of Topliss-reactive ketones (excluding diaryl/α,β-unsaturated/α-hetero) is 1. The molecule has 1 aromatic carbocycles. The van der Waals surface area contributed by atoms with Crippen molar-refractivity contribution in [1.29, 1.82) is 0 Å². The molecule has 0 spiro atoms. The Bertz CT molecular complexity index is 1320. The van der Waals surface area contributed by atoms with Crippen molar-refractivity contribution in [3.63, 3.8) is 0 Å². The first kappa shape index (κ1) is 20.2. The molecule has 1 unspecified atom stereocenters. The molecule has 31 heavy (non-hydrogen) atoms. The van der Waals surface area contributed by atoms with Crippen molar-refractivity contribution in [2.45, 2.75) is 52.0 Å². The topological polar surface area (TPSA) is 118 Å². The van der Waals surface area contributed by atoms with Crippen LogP contribution in [0.5, 0.6) is 0 Å². The van der Waals surface area contributed by atoms with Crippen LogP contribution in [0.2, 0.25) is 0 Å². The standard InChI is InChI=1S/C22H26N4O4S/c1-21(2)11-22(3,4)18(27)17-16(21)14-9-12(5-6-15(14)24-17)19-25-26-20(30-19)23-13-7-8-31(28,29)10-13/h5-6,9,13,24H,7-8,10-11H2,1-4H3,(H,23,26). The van der Waals surface area contributed by atoms with Gasteiger partial charge in [0, 0.05) is 27.9 Å². The number of carbonyl (C=O) groups excluding carboxylic acids is 1. The summed E-state index contributed by atoms with van der Waals surface area (Å²) in [5.41, 5.74) is 2.79. The van der Waals surface area contributed by atoms with Gasteiger partial charge in [0.1, 0.15) is 0 Å². The zero-order valence-corrected chi connectivity index (χ0v) is 18.9. The van der Waals surface area contributed by atoms with Gasteiger partial charge in [0.05, 0.1) is 17.2 Å². The molecule has 2 aromatic heterocycles. The minimum Gasteiger partial charge on any atom is -0.403 e. The molecule has 3 aromatic rings. The number of hydrogen-bond acceptors (Lipinski definition) is 7. The largest absolute Gasteiger partial charge is 0.403 e. The monoisotopic (exact) mass is 442 g/mol. The Balaban J connectivity index is 1.50. The smallest absolute Gasteiger partial charge is 0.315 e. The van der Waals surface area contributed by atoms with E-state index in [-0.39, 0.29) is 34.8 Å².